The van der Waals surface area contributed by atoms with Gasteiger partial charge in [0.2, 0.25) is 0 Å². The van der Waals surface area contributed by atoms with Gasteiger partial charge in [-0.25, -0.2) is 9.48 Å². The standard InChI is InChI=1S/C26H28ClN7O3S/c1-26(2,3)37-25(36)33-7-6-20-22(13-33)38-23(30-20)14-34-12-21(31-32-34)24(35)29-18-8-16(9-18)19-10-17(27)5-4-15(19)11-28/h4-5,10,12-13,16,18,23H,6-9,14H2,1-3H3,(H,29,35)/t16-,18+,23?. The van der Waals surface area contributed by atoms with Gasteiger partial charge in [0, 0.05) is 35.1 Å². The maximum absolute atomic E-state index is 12.7. The molecule has 2 aromatic rings. The molecule has 1 unspecified atom stereocenters. The summed E-state index contributed by atoms with van der Waals surface area (Å²) in [7, 11) is 0. The normalized spacial score (nSPS) is 22.5. The number of thioether (sulfide) groups is 1. The number of halogens is 1. The van der Waals surface area contributed by atoms with Crippen molar-refractivity contribution in [2.75, 3.05) is 6.54 Å². The second-order valence-corrected chi connectivity index (χ2v) is 12.2. The number of allylic oxidation sites excluding steroid dienone is 1. The molecule has 0 bridgehead atoms. The fraction of sp³-hybridized carbons (Fsp3) is 0.462. The number of nitriles is 1. The second kappa shape index (κ2) is 10.4. The Kier molecular flexibility index (Phi) is 7.20. The van der Waals surface area contributed by atoms with Crippen molar-refractivity contribution < 1.29 is 14.3 Å². The molecule has 3 heterocycles. The van der Waals surface area contributed by atoms with Crippen molar-refractivity contribution in [2.45, 2.75) is 69.5 Å². The number of carbonyl (C=O) groups excluding carboxylic acids is 2. The van der Waals surface area contributed by atoms with Crippen LogP contribution in [0.1, 0.15) is 67.6 Å². The summed E-state index contributed by atoms with van der Waals surface area (Å²) in [6.07, 6.45) is 5.20. The van der Waals surface area contributed by atoms with Crippen molar-refractivity contribution >= 4 is 41.1 Å². The first kappa shape index (κ1) is 26.3. The van der Waals surface area contributed by atoms with Gasteiger partial charge in [0.05, 0.1) is 30.1 Å². The molecule has 10 nitrogen and oxygen atoms in total. The minimum Gasteiger partial charge on any atom is -0.443 e. The molecule has 12 heteroatoms. The van der Waals surface area contributed by atoms with Crippen LogP contribution >= 0.6 is 23.4 Å². The third-order valence-corrected chi connectivity index (χ3v) is 7.86. The topological polar surface area (TPSA) is 126 Å². The van der Waals surface area contributed by atoms with Gasteiger partial charge in [-0.05, 0) is 63.3 Å². The van der Waals surface area contributed by atoms with E-state index in [-0.39, 0.29) is 35.0 Å². The summed E-state index contributed by atoms with van der Waals surface area (Å²) in [5.74, 6) is -0.0898. The van der Waals surface area contributed by atoms with Crippen LogP contribution in [0.4, 0.5) is 4.79 Å². The molecular weight excluding hydrogens is 526 g/mol. The van der Waals surface area contributed by atoms with Crippen LogP contribution in [-0.2, 0) is 11.3 Å². The maximum Gasteiger partial charge on any atom is 0.414 e. The first-order valence-electron chi connectivity index (χ1n) is 12.4. The highest BCUT2D eigenvalue weighted by atomic mass is 35.5. The lowest BCUT2D eigenvalue weighted by molar-refractivity contribution is 0.0336. The first-order valence-corrected chi connectivity index (χ1v) is 13.7. The van der Waals surface area contributed by atoms with E-state index < -0.39 is 5.60 Å². The summed E-state index contributed by atoms with van der Waals surface area (Å²) in [5.41, 5.74) is 2.21. The zero-order valence-electron chi connectivity index (χ0n) is 21.3. The van der Waals surface area contributed by atoms with Crippen LogP contribution in [0.25, 0.3) is 0 Å². The number of hydrogen-bond donors (Lipinski definition) is 1. The molecule has 38 heavy (non-hydrogen) atoms. The van der Waals surface area contributed by atoms with E-state index in [9.17, 15) is 14.9 Å². The number of nitrogens with zero attached hydrogens (tertiary/aromatic N) is 6. The van der Waals surface area contributed by atoms with Crippen LogP contribution in [0.2, 0.25) is 5.02 Å². The van der Waals surface area contributed by atoms with Crippen molar-refractivity contribution in [3.8, 4) is 6.07 Å². The molecular formula is C26H28ClN7O3S. The van der Waals surface area contributed by atoms with Crippen molar-refractivity contribution in [3.63, 3.8) is 0 Å². The van der Waals surface area contributed by atoms with Gasteiger partial charge in [-0.1, -0.05) is 28.6 Å². The smallest absolute Gasteiger partial charge is 0.414 e. The van der Waals surface area contributed by atoms with Crippen LogP contribution in [-0.4, -0.2) is 61.2 Å². The lowest BCUT2D eigenvalue weighted by Crippen LogP contribution is -2.43. The van der Waals surface area contributed by atoms with Gasteiger partial charge in [-0.15, -0.1) is 5.10 Å². The number of amides is 2. The molecule has 1 aliphatic carbocycles. The maximum atomic E-state index is 12.7. The van der Waals surface area contributed by atoms with Gasteiger partial charge < -0.3 is 10.1 Å². The van der Waals surface area contributed by atoms with Crippen molar-refractivity contribution in [3.05, 3.63) is 57.3 Å². The van der Waals surface area contributed by atoms with Crippen LogP contribution in [0.3, 0.4) is 0 Å². The predicted molar refractivity (Wildman–Crippen MR) is 144 cm³/mol. The van der Waals surface area contributed by atoms with Gasteiger partial charge >= 0.3 is 6.09 Å². The number of hydrogen-bond acceptors (Lipinski definition) is 8. The molecule has 5 rings (SSSR count). The third-order valence-electron chi connectivity index (χ3n) is 6.50. The summed E-state index contributed by atoms with van der Waals surface area (Å²) < 4.78 is 7.09. The molecule has 0 saturated heterocycles. The molecule has 1 atom stereocenters. The average Bonchev–Trinajstić information content (AvgIpc) is 3.46. The van der Waals surface area contributed by atoms with E-state index in [4.69, 9.17) is 21.3 Å². The van der Waals surface area contributed by atoms with Crippen LogP contribution in [0.15, 0.2) is 40.5 Å². The Bertz CT molecular complexity index is 1370. The summed E-state index contributed by atoms with van der Waals surface area (Å²) in [6, 6.07) is 7.50. The van der Waals surface area contributed by atoms with E-state index in [1.54, 1.807) is 45.9 Å². The monoisotopic (exact) mass is 553 g/mol. The van der Waals surface area contributed by atoms with Crippen LogP contribution in [0, 0.1) is 11.3 Å². The molecule has 1 fully saturated rings. The number of carbonyl (C=O) groups is 2. The lowest BCUT2D eigenvalue weighted by atomic mass is 9.74. The number of rotatable bonds is 5. The Balaban J connectivity index is 1.13. The molecule has 3 aliphatic rings. The highest BCUT2D eigenvalue weighted by Gasteiger charge is 2.34. The van der Waals surface area contributed by atoms with E-state index in [1.807, 2.05) is 26.8 Å². The van der Waals surface area contributed by atoms with Crippen molar-refractivity contribution in [2.24, 2.45) is 4.99 Å². The number of nitrogens with one attached hydrogen (secondary N) is 1. The quantitative estimate of drug-likeness (QED) is 0.578. The SMILES string of the molecule is CC(C)(C)OC(=O)N1C=C2SC(Cn3cc(C(=O)N[C@H]4C[C@@H](c5cc(Cl)ccc5C#N)C4)nn3)N=C2CC1. The molecule has 198 valence electrons. The minimum absolute atomic E-state index is 0.00273. The molecule has 1 N–H and O–H groups in total. The summed E-state index contributed by atoms with van der Waals surface area (Å²) in [6.45, 7) is 6.51. The van der Waals surface area contributed by atoms with Crippen molar-refractivity contribution in [1.29, 1.82) is 5.26 Å². The minimum atomic E-state index is -0.552. The number of benzene rings is 1. The largest absolute Gasteiger partial charge is 0.443 e. The Labute approximate surface area is 230 Å². The molecule has 0 spiro atoms. The number of aliphatic imine (C=N–C) groups is 1. The molecule has 2 aliphatic heterocycles. The summed E-state index contributed by atoms with van der Waals surface area (Å²) >= 11 is 7.67. The molecule has 2 amide bonds. The Morgan fingerprint density at radius 3 is 2.84 bits per heavy atom. The number of fused-ring (bicyclic) bond motifs is 1. The van der Waals surface area contributed by atoms with Gasteiger partial charge in [0.1, 0.15) is 11.0 Å². The van der Waals surface area contributed by atoms with E-state index >= 15 is 0 Å². The number of aromatic nitrogens is 3. The third kappa shape index (κ3) is 5.87. The average molecular weight is 554 g/mol. The van der Waals surface area contributed by atoms with E-state index in [0.717, 1.165) is 29.0 Å². The molecule has 0 radical (unpaired) electrons. The van der Waals surface area contributed by atoms with Gasteiger partial charge in [0.25, 0.3) is 5.91 Å². The number of ether oxygens (including phenoxy) is 1. The first-order chi connectivity index (χ1) is 18.1. The lowest BCUT2D eigenvalue weighted by Gasteiger charge is -2.36. The van der Waals surface area contributed by atoms with E-state index in [2.05, 4.69) is 21.7 Å². The Morgan fingerprint density at radius 2 is 2.11 bits per heavy atom. The Morgan fingerprint density at radius 1 is 1.32 bits per heavy atom. The van der Waals surface area contributed by atoms with Crippen molar-refractivity contribution in [1.82, 2.24) is 25.2 Å². The van der Waals surface area contributed by atoms with E-state index in [0.29, 0.717) is 30.1 Å². The second-order valence-electron chi connectivity index (χ2n) is 10.6. The van der Waals surface area contributed by atoms with Gasteiger partial charge in [0.15, 0.2) is 5.69 Å². The molecule has 1 aromatic carbocycles. The zero-order valence-corrected chi connectivity index (χ0v) is 22.9. The zero-order chi connectivity index (χ0) is 27.0. The fourth-order valence-electron chi connectivity index (χ4n) is 4.62. The van der Waals surface area contributed by atoms with Gasteiger partial charge in [-0.3, -0.25) is 14.7 Å². The highest BCUT2D eigenvalue weighted by Crippen LogP contribution is 2.39. The molecule has 1 saturated carbocycles. The summed E-state index contributed by atoms with van der Waals surface area (Å²) in [4.78, 5) is 32.4. The fourth-order valence-corrected chi connectivity index (χ4v) is 5.98. The predicted octanol–water partition coefficient (Wildman–Crippen LogP) is 4.48. The van der Waals surface area contributed by atoms with E-state index in [1.165, 1.54) is 0 Å². The summed E-state index contributed by atoms with van der Waals surface area (Å²) in [5, 5.41) is 21.0. The Hall–Kier alpha value is -3.36. The molecule has 1 aromatic heterocycles. The van der Waals surface area contributed by atoms with Crippen LogP contribution < -0.4 is 5.32 Å². The van der Waals surface area contributed by atoms with Crippen LogP contribution in [0.5, 0.6) is 0 Å². The van der Waals surface area contributed by atoms with Gasteiger partial charge in [-0.2, -0.15) is 5.26 Å². The highest BCUT2D eigenvalue weighted by molar-refractivity contribution is 8.05.